The van der Waals surface area contributed by atoms with E-state index in [0.717, 1.165) is 0 Å². The van der Waals surface area contributed by atoms with Crippen molar-refractivity contribution < 1.29 is 0 Å². The molecule has 0 aromatic heterocycles. The van der Waals surface area contributed by atoms with Crippen LogP contribution in [0.15, 0.2) is 0 Å². The summed E-state index contributed by atoms with van der Waals surface area (Å²) in [6.45, 7) is 0. The molecular formula is H2Ge5. The molecule has 0 N–H and O–H groups in total. The van der Waals surface area contributed by atoms with Gasteiger partial charge in [0.2, 0.25) is 0 Å². The van der Waals surface area contributed by atoms with Crippen molar-refractivity contribution in [1.82, 2.24) is 0 Å². The van der Waals surface area contributed by atoms with Crippen molar-refractivity contribution in [1.29, 1.82) is 0 Å². The molecule has 0 aliphatic carbocycles. The van der Waals surface area contributed by atoms with Gasteiger partial charge in [0.25, 0.3) is 0 Å². The van der Waals surface area contributed by atoms with E-state index in [1.54, 1.807) is 0 Å². The molecule has 0 unspecified atom stereocenters. The van der Waals surface area contributed by atoms with Crippen LogP contribution in [-0.4, -0.2) is 88.0 Å². The van der Waals surface area contributed by atoms with Crippen LogP contribution in [-0.2, 0) is 0 Å². The molecule has 0 rings (SSSR count). The van der Waals surface area contributed by atoms with Gasteiger partial charge >= 0.3 is 35.2 Å². The van der Waals surface area contributed by atoms with Gasteiger partial charge in [-0.15, -0.1) is 0 Å². The molecular weight excluding hydrogens is 363 g/mol. The SMILES string of the molecule is [GeH].[GeH].[Ge].[Ge].[Ge]. The minimum atomic E-state index is 0. The van der Waals surface area contributed by atoms with Crippen LogP contribution >= 0.6 is 0 Å². The standard InChI is InChI=1S/2GeH.3Ge/h2*1H;;;. The predicted octanol–water partition coefficient (Wildman–Crippen LogP) is -2.44. The van der Waals surface area contributed by atoms with Crippen LogP contribution in [0.3, 0.4) is 0 Å². The molecule has 0 aliphatic heterocycles. The first-order valence-electron chi connectivity index (χ1n) is 0. The molecule has 0 spiro atoms. The second-order valence-corrected chi connectivity index (χ2v) is 0. The van der Waals surface area contributed by atoms with E-state index in [9.17, 15) is 0 Å². The normalized spacial score (nSPS) is 0. The van der Waals surface area contributed by atoms with Gasteiger partial charge in [-0.05, 0) is 0 Å². The summed E-state index contributed by atoms with van der Waals surface area (Å²) in [6.07, 6.45) is 0. The van der Waals surface area contributed by atoms with E-state index in [2.05, 4.69) is 0 Å². The van der Waals surface area contributed by atoms with Crippen LogP contribution in [0.25, 0.3) is 0 Å². The smallest absolute Gasteiger partial charge is 0 e. The first kappa shape index (κ1) is 47.2. The van der Waals surface area contributed by atoms with E-state index in [4.69, 9.17) is 0 Å². The maximum Gasteiger partial charge on any atom is 0 e. The fourth-order valence-corrected chi connectivity index (χ4v) is 0. The van der Waals surface area contributed by atoms with E-state index < -0.39 is 0 Å². The van der Waals surface area contributed by atoms with Gasteiger partial charge in [-0.2, -0.15) is 0 Å². The Bertz CT molecular complexity index is 0. The summed E-state index contributed by atoms with van der Waals surface area (Å²) in [6, 6.07) is 0. The van der Waals surface area contributed by atoms with Crippen LogP contribution in [0.4, 0.5) is 0 Å². The van der Waals surface area contributed by atoms with Crippen LogP contribution in [0, 0.1) is 0 Å². The Kier molecular flexibility index (Phi) is 281. The summed E-state index contributed by atoms with van der Waals surface area (Å²) in [5, 5.41) is 0. The van der Waals surface area contributed by atoms with Crippen molar-refractivity contribution in [2.45, 2.75) is 0 Å². The largest absolute Gasteiger partial charge is 0 e. The van der Waals surface area contributed by atoms with Crippen molar-refractivity contribution in [2.75, 3.05) is 0 Å². The number of hydrogen-bond acceptors (Lipinski definition) is 0. The molecule has 22 valence electrons. The van der Waals surface area contributed by atoms with Crippen molar-refractivity contribution >= 4 is 88.0 Å². The quantitative estimate of drug-likeness (QED) is 0.419. The first-order chi connectivity index (χ1) is 0. The number of rotatable bonds is 0. The van der Waals surface area contributed by atoms with Crippen LogP contribution in [0.1, 0.15) is 0 Å². The molecule has 5 heavy (non-hydrogen) atoms. The van der Waals surface area contributed by atoms with Gasteiger partial charge in [0.1, 0.15) is 0 Å². The molecule has 0 atom stereocenters. The maximum atomic E-state index is 0. The van der Waals surface area contributed by atoms with Gasteiger partial charge in [0, 0.05) is 52.8 Å². The Morgan fingerprint density at radius 1 is 0.400 bits per heavy atom. The molecule has 5 heteroatoms. The summed E-state index contributed by atoms with van der Waals surface area (Å²) in [4.78, 5) is 0. The average molecular weight is 365 g/mol. The molecule has 0 fully saturated rings. The van der Waals surface area contributed by atoms with Crippen molar-refractivity contribution in [3.63, 3.8) is 0 Å². The first-order valence-corrected chi connectivity index (χ1v) is 0. The predicted molar refractivity (Wildman–Crippen MR) is 31.6 cm³/mol. The molecule has 0 nitrogen and oxygen atoms in total. The van der Waals surface area contributed by atoms with Gasteiger partial charge in [0.15, 0.2) is 0 Å². The maximum absolute atomic E-state index is 0. The van der Waals surface area contributed by atoms with E-state index in [1.165, 1.54) is 0 Å². The summed E-state index contributed by atoms with van der Waals surface area (Å²) < 4.78 is 0. The summed E-state index contributed by atoms with van der Waals surface area (Å²) in [5.41, 5.74) is 0. The van der Waals surface area contributed by atoms with Crippen molar-refractivity contribution in [2.24, 2.45) is 0 Å². The average Bonchev–Trinajstić information content (AvgIpc) is 0. The summed E-state index contributed by atoms with van der Waals surface area (Å²) in [5.74, 6) is 0. The molecule has 18 radical (unpaired) electrons. The van der Waals surface area contributed by atoms with Crippen LogP contribution < -0.4 is 0 Å². The fourth-order valence-electron chi connectivity index (χ4n) is 0. The van der Waals surface area contributed by atoms with Gasteiger partial charge < -0.3 is 0 Å². The molecule has 0 saturated carbocycles. The Hall–Kier alpha value is 2.71. The van der Waals surface area contributed by atoms with Gasteiger partial charge in [-0.3, -0.25) is 0 Å². The molecule has 0 aliphatic rings. The fraction of sp³-hybridized carbons (Fsp3) is 0. The zero-order valence-electron chi connectivity index (χ0n) is 2.65. The van der Waals surface area contributed by atoms with Gasteiger partial charge in [-0.25, -0.2) is 0 Å². The van der Waals surface area contributed by atoms with E-state index >= 15 is 0 Å². The number of hydrogen-bond donors (Lipinski definition) is 0. The second-order valence-electron chi connectivity index (χ2n) is 0. The Labute approximate surface area is 86.9 Å². The zero-order chi connectivity index (χ0) is 0. The molecule has 0 aromatic carbocycles. The Morgan fingerprint density at radius 3 is 0.400 bits per heavy atom. The van der Waals surface area contributed by atoms with Crippen LogP contribution in [0.2, 0.25) is 0 Å². The van der Waals surface area contributed by atoms with Gasteiger partial charge in [-0.1, -0.05) is 0 Å². The minimum Gasteiger partial charge on any atom is 0 e. The van der Waals surface area contributed by atoms with E-state index in [0.29, 0.717) is 0 Å². The second kappa shape index (κ2) is 29.8. The zero-order valence-corrected chi connectivity index (χ0v) is 13.8. The van der Waals surface area contributed by atoms with Crippen molar-refractivity contribution in [3.05, 3.63) is 0 Å². The third-order valence-electron chi connectivity index (χ3n) is 0. The molecule has 0 heterocycles. The molecule has 0 bridgehead atoms. The monoisotopic (exact) mass is 372 g/mol. The summed E-state index contributed by atoms with van der Waals surface area (Å²) >= 11 is 0. The topological polar surface area (TPSA) is 0 Å². The Morgan fingerprint density at radius 2 is 0.400 bits per heavy atom. The molecule has 0 saturated heterocycles. The molecule has 0 amide bonds. The molecule has 0 aromatic rings. The van der Waals surface area contributed by atoms with E-state index in [1.807, 2.05) is 0 Å². The van der Waals surface area contributed by atoms with Crippen LogP contribution in [0.5, 0.6) is 0 Å². The minimum absolute atomic E-state index is 0. The summed E-state index contributed by atoms with van der Waals surface area (Å²) in [7, 11) is 0. The van der Waals surface area contributed by atoms with E-state index in [-0.39, 0.29) is 88.0 Å². The van der Waals surface area contributed by atoms with Gasteiger partial charge in [0.05, 0.1) is 0 Å². The van der Waals surface area contributed by atoms with Crippen molar-refractivity contribution in [3.8, 4) is 0 Å². The third-order valence-corrected chi connectivity index (χ3v) is 0. The third kappa shape index (κ3) is 20.3. The Balaban J connectivity index is 0.